The number of alkyl halides is 2. The first kappa shape index (κ1) is 25.4. The van der Waals surface area contributed by atoms with Gasteiger partial charge in [-0.15, -0.1) is 11.3 Å². The van der Waals surface area contributed by atoms with E-state index in [0.717, 1.165) is 14.9 Å². The number of thiazole rings is 1. The number of carbonyl (C=O) groups is 1. The van der Waals surface area contributed by atoms with Gasteiger partial charge < -0.3 is 10.6 Å². The molecule has 0 bridgehead atoms. The number of aromatic nitrogens is 5. The van der Waals surface area contributed by atoms with E-state index in [2.05, 4.69) is 30.7 Å². The molecular weight excluding hydrogens is 534 g/mol. The van der Waals surface area contributed by atoms with Gasteiger partial charge in [-0.1, -0.05) is 17.7 Å². The lowest BCUT2D eigenvalue weighted by Gasteiger charge is -2.18. The quantitative estimate of drug-likeness (QED) is 0.275. The van der Waals surface area contributed by atoms with Crippen molar-refractivity contribution in [3.05, 3.63) is 69.0 Å². The third kappa shape index (κ3) is 4.62. The molecule has 0 radical (unpaired) electrons. The summed E-state index contributed by atoms with van der Waals surface area (Å²) in [6, 6.07) is 8.44. The number of halogens is 3. The Morgan fingerprint density at radius 2 is 2.08 bits per heavy atom. The van der Waals surface area contributed by atoms with E-state index in [1.165, 1.54) is 11.3 Å². The van der Waals surface area contributed by atoms with Crippen LogP contribution in [0.2, 0.25) is 5.02 Å². The number of pyridine rings is 1. The van der Waals surface area contributed by atoms with E-state index < -0.39 is 12.1 Å². The molecule has 38 heavy (non-hydrogen) atoms. The molecule has 0 aliphatic carbocycles. The second-order valence-electron chi connectivity index (χ2n) is 8.36. The number of nitriles is 1. The lowest BCUT2D eigenvalue weighted by molar-refractivity contribution is -0.120. The van der Waals surface area contributed by atoms with Crippen LogP contribution in [0.5, 0.6) is 0 Å². The average molecular weight is 553 g/mol. The molecule has 0 aliphatic rings. The molecule has 5 rings (SSSR count). The summed E-state index contributed by atoms with van der Waals surface area (Å²) in [4.78, 5) is 25.9. The molecule has 2 N–H and O–H groups in total. The van der Waals surface area contributed by atoms with E-state index in [1.807, 2.05) is 12.3 Å². The zero-order chi connectivity index (χ0) is 27.0. The van der Waals surface area contributed by atoms with Crippen LogP contribution in [0.4, 0.5) is 14.6 Å². The predicted octanol–water partition coefficient (Wildman–Crippen LogP) is 5.46. The summed E-state index contributed by atoms with van der Waals surface area (Å²) in [6.45, 7) is 3.30. The summed E-state index contributed by atoms with van der Waals surface area (Å²) in [5, 5.41) is 23.3. The number of benzene rings is 1. The van der Waals surface area contributed by atoms with Gasteiger partial charge in [-0.05, 0) is 37.6 Å². The van der Waals surface area contributed by atoms with Crippen molar-refractivity contribution in [3.8, 4) is 17.2 Å². The maximum absolute atomic E-state index is 13.8. The number of nitrogens with zero attached hydrogens (tertiary/aromatic N) is 6. The maximum atomic E-state index is 13.8. The van der Waals surface area contributed by atoms with Gasteiger partial charge in [-0.25, -0.2) is 18.7 Å². The summed E-state index contributed by atoms with van der Waals surface area (Å²) in [7, 11) is 0. The van der Waals surface area contributed by atoms with E-state index in [-0.39, 0.29) is 35.5 Å². The van der Waals surface area contributed by atoms with E-state index in [4.69, 9.17) is 11.6 Å². The fourth-order valence-corrected chi connectivity index (χ4v) is 5.04. The monoisotopic (exact) mass is 552 g/mol. The highest BCUT2D eigenvalue weighted by molar-refractivity contribution is 7.09. The molecule has 0 unspecified atom stereocenters. The Labute approximate surface area is 224 Å². The lowest BCUT2D eigenvalue weighted by atomic mass is 10.00. The Bertz CT molecular complexity index is 1710. The van der Waals surface area contributed by atoms with Crippen LogP contribution < -0.4 is 10.6 Å². The van der Waals surface area contributed by atoms with Crippen molar-refractivity contribution in [1.82, 2.24) is 29.9 Å². The second-order valence-corrected chi connectivity index (χ2v) is 9.72. The van der Waals surface area contributed by atoms with Crippen molar-refractivity contribution >= 4 is 51.2 Å². The van der Waals surface area contributed by atoms with Gasteiger partial charge in [0.25, 0.3) is 6.43 Å². The molecule has 0 fully saturated rings. The van der Waals surface area contributed by atoms with Crippen LogP contribution in [0.25, 0.3) is 27.7 Å². The van der Waals surface area contributed by atoms with Crippen molar-refractivity contribution in [1.29, 1.82) is 5.26 Å². The van der Waals surface area contributed by atoms with Crippen molar-refractivity contribution in [2.45, 2.75) is 26.3 Å². The molecule has 13 heteroatoms. The summed E-state index contributed by atoms with van der Waals surface area (Å²) in [5.74, 6) is -0.121. The van der Waals surface area contributed by atoms with Crippen LogP contribution in [-0.2, 0) is 4.79 Å². The molecule has 0 saturated carbocycles. The molecule has 5 aromatic rings. The zero-order valence-electron chi connectivity index (χ0n) is 20.0. The van der Waals surface area contributed by atoms with Crippen LogP contribution in [0.15, 0.2) is 42.0 Å². The number of amides is 1. The molecule has 0 spiro atoms. The van der Waals surface area contributed by atoms with Crippen LogP contribution in [0.3, 0.4) is 0 Å². The summed E-state index contributed by atoms with van der Waals surface area (Å²) in [6.07, 6.45) is 0.258. The topological polar surface area (TPSA) is 121 Å². The number of anilines is 1. The predicted molar refractivity (Wildman–Crippen MR) is 140 cm³/mol. The lowest BCUT2D eigenvalue weighted by Crippen LogP contribution is -2.32. The van der Waals surface area contributed by atoms with E-state index >= 15 is 0 Å². The van der Waals surface area contributed by atoms with Gasteiger partial charge in [0.05, 0.1) is 23.8 Å². The molecular formula is C25H19ClF2N8OS. The van der Waals surface area contributed by atoms with Crippen LogP contribution in [0, 0.1) is 18.3 Å². The van der Waals surface area contributed by atoms with Crippen LogP contribution in [-0.4, -0.2) is 37.0 Å². The van der Waals surface area contributed by atoms with Crippen molar-refractivity contribution < 1.29 is 13.6 Å². The second kappa shape index (κ2) is 10.3. The molecule has 1 aromatic carbocycles. The highest BCUT2D eigenvalue weighted by Crippen LogP contribution is 2.37. The number of fused-ring (bicyclic) bond motifs is 2. The fraction of sp³-hybridized carbons (Fsp3) is 0.200. The average Bonchev–Trinajstić information content (AvgIpc) is 3.55. The van der Waals surface area contributed by atoms with Gasteiger partial charge in [0.2, 0.25) is 5.91 Å². The Balaban J connectivity index is 1.65. The largest absolute Gasteiger partial charge is 0.360 e. The highest BCUT2D eigenvalue weighted by Gasteiger charge is 2.26. The number of aryl methyl sites for hydroxylation is 1. The number of nitrogens with one attached hydrogen (secondary N) is 2. The van der Waals surface area contributed by atoms with Crippen LogP contribution >= 0.6 is 22.9 Å². The Morgan fingerprint density at radius 3 is 2.79 bits per heavy atom. The standard InChI is InChI=1S/C25H19ClF2N8OS/c1-12-20(16-5-6-30-18-9-14(26)3-4-15(16)18)24(32-11-19(37)33-13(2)25-31-7-8-38-25)36-23(34-12)17(10-29)21(35-36)22(27)28/h3-9,13,22,32H,11H2,1-2H3,(H,33,37)/t13-/m0/s1. The van der Waals surface area contributed by atoms with E-state index in [0.29, 0.717) is 27.4 Å². The Morgan fingerprint density at radius 1 is 1.26 bits per heavy atom. The van der Waals surface area contributed by atoms with Gasteiger partial charge >= 0.3 is 0 Å². The SMILES string of the molecule is Cc1nc2c(C#N)c(C(F)F)nn2c(NCC(=O)N[C@@H](C)c2nccs2)c1-c1ccnc2cc(Cl)ccc12. The third-order valence-electron chi connectivity index (χ3n) is 5.88. The number of hydrogen-bond acceptors (Lipinski definition) is 8. The van der Waals surface area contributed by atoms with E-state index in [9.17, 15) is 18.8 Å². The fourth-order valence-electron chi connectivity index (χ4n) is 4.23. The summed E-state index contributed by atoms with van der Waals surface area (Å²) in [5.41, 5.74) is 1.19. The smallest absolute Gasteiger partial charge is 0.283 e. The number of carbonyl (C=O) groups excluding carboxylic acids is 1. The Kier molecular flexibility index (Phi) is 6.88. The molecule has 4 heterocycles. The van der Waals surface area contributed by atoms with Crippen molar-refractivity contribution in [2.24, 2.45) is 0 Å². The molecule has 4 aromatic heterocycles. The third-order valence-corrected chi connectivity index (χ3v) is 7.07. The van der Waals surface area contributed by atoms with Gasteiger partial charge in [0.15, 0.2) is 5.65 Å². The maximum Gasteiger partial charge on any atom is 0.283 e. The molecule has 1 atom stereocenters. The molecule has 192 valence electrons. The van der Waals surface area contributed by atoms with E-state index in [1.54, 1.807) is 49.7 Å². The minimum absolute atomic E-state index is 0.0375. The first-order valence-electron chi connectivity index (χ1n) is 11.4. The Hall–Kier alpha value is -4.21. The van der Waals surface area contributed by atoms with Gasteiger partial charge in [0.1, 0.15) is 28.2 Å². The van der Waals surface area contributed by atoms with Crippen molar-refractivity contribution in [2.75, 3.05) is 11.9 Å². The van der Waals surface area contributed by atoms with Gasteiger partial charge in [-0.3, -0.25) is 9.78 Å². The normalized spacial score (nSPS) is 12.1. The number of hydrogen-bond donors (Lipinski definition) is 2. The first-order chi connectivity index (χ1) is 18.3. The number of rotatable bonds is 7. The van der Waals surface area contributed by atoms with Gasteiger partial charge in [-0.2, -0.15) is 14.9 Å². The first-order valence-corrected chi connectivity index (χ1v) is 12.6. The molecule has 1 amide bonds. The molecule has 0 aliphatic heterocycles. The summed E-state index contributed by atoms with van der Waals surface area (Å²) >= 11 is 7.57. The molecule has 0 saturated heterocycles. The summed E-state index contributed by atoms with van der Waals surface area (Å²) < 4.78 is 28.7. The van der Waals surface area contributed by atoms with Crippen molar-refractivity contribution in [3.63, 3.8) is 0 Å². The van der Waals surface area contributed by atoms with Crippen LogP contribution in [0.1, 0.15) is 41.3 Å². The molecule has 9 nitrogen and oxygen atoms in total. The zero-order valence-corrected chi connectivity index (χ0v) is 21.6. The minimum atomic E-state index is -2.99. The highest BCUT2D eigenvalue weighted by atomic mass is 35.5. The van der Waals surface area contributed by atoms with Gasteiger partial charge in [0, 0.05) is 33.7 Å². The minimum Gasteiger partial charge on any atom is -0.360 e.